The van der Waals surface area contributed by atoms with Crippen LogP contribution >= 0.6 is 0 Å². The normalized spacial score (nSPS) is 20.3. The first kappa shape index (κ1) is 11.8. The molecule has 0 bridgehead atoms. The molecule has 0 spiro atoms. The quantitative estimate of drug-likeness (QED) is 0.837. The number of fused-ring (bicyclic) bond motifs is 2. The molecule has 1 heterocycles. The smallest absolute Gasteiger partial charge is 0.142 e. The summed E-state index contributed by atoms with van der Waals surface area (Å²) in [6, 6.07) is 15.4. The number of aryl methyl sites for hydroxylation is 2. The summed E-state index contributed by atoms with van der Waals surface area (Å²) in [5.74, 6) is 0.960. The highest BCUT2D eigenvalue weighted by Gasteiger charge is 2.21. The minimum atomic E-state index is 0.261. The number of rotatable bonds is 1. The van der Waals surface area contributed by atoms with Crippen molar-refractivity contribution in [1.82, 2.24) is 0 Å². The highest BCUT2D eigenvalue weighted by molar-refractivity contribution is 5.59. The van der Waals surface area contributed by atoms with Gasteiger partial charge >= 0.3 is 0 Å². The van der Waals surface area contributed by atoms with Gasteiger partial charge in [0.05, 0.1) is 11.7 Å². The summed E-state index contributed by atoms with van der Waals surface area (Å²) in [7, 11) is 0. The van der Waals surface area contributed by atoms with E-state index in [-0.39, 0.29) is 6.04 Å². The Labute approximate surface area is 119 Å². The van der Waals surface area contributed by atoms with Gasteiger partial charge < -0.3 is 10.1 Å². The summed E-state index contributed by atoms with van der Waals surface area (Å²) in [5.41, 5.74) is 5.52. The number of anilines is 1. The zero-order valence-corrected chi connectivity index (χ0v) is 11.6. The van der Waals surface area contributed by atoms with Gasteiger partial charge in [-0.3, -0.25) is 0 Å². The number of hydrogen-bond acceptors (Lipinski definition) is 2. The van der Waals surface area contributed by atoms with E-state index in [4.69, 9.17) is 4.74 Å². The molecule has 4 rings (SSSR count). The van der Waals surface area contributed by atoms with Crippen molar-refractivity contribution in [2.24, 2.45) is 0 Å². The first-order valence-electron chi connectivity index (χ1n) is 7.50. The first-order chi connectivity index (χ1) is 9.90. The van der Waals surface area contributed by atoms with E-state index in [9.17, 15) is 0 Å². The lowest BCUT2D eigenvalue weighted by molar-refractivity contribution is 0.286. The second-order valence-corrected chi connectivity index (χ2v) is 5.74. The van der Waals surface area contributed by atoms with Crippen LogP contribution in [0.4, 0.5) is 5.69 Å². The molecule has 2 aliphatic rings. The predicted octanol–water partition coefficient (Wildman–Crippen LogP) is 4.11. The van der Waals surface area contributed by atoms with Gasteiger partial charge in [-0.2, -0.15) is 0 Å². The lowest BCUT2D eigenvalue weighted by Crippen LogP contribution is -2.24. The summed E-state index contributed by atoms with van der Waals surface area (Å²) < 4.78 is 5.87. The predicted molar refractivity (Wildman–Crippen MR) is 81.4 cm³/mol. The fourth-order valence-corrected chi connectivity index (χ4v) is 3.26. The lowest BCUT2D eigenvalue weighted by Gasteiger charge is -2.28. The molecule has 2 heteroatoms. The van der Waals surface area contributed by atoms with E-state index in [2.05, 4.69) is 29.6 Å². The maximum absolute atomic E-state index is 5.87. The number of para-hydroxylation sites is 2. The zero-order valence-electron chi connectivity index (χ0n) is 11.6. The summed E-state index contributed by atoms with van der Waals surface area (Å²) >= 11 is 0. The molecule has 0 aromatic heterocycles. The van der Waals surface area contributed by atoms with Crippen LogP contribution in [0.1, 0.15) is 35.6 Å². The van der Waals surface area contributed by atoms with Crippen LogP contribution in [0.15, 0.2) is 42.5 Å². The largest absolute Gasteiger partial charge is 0.489 e. The number of hydrogen-bond donors (Lipinski definition) is 1. The molecule has 0 fully saturated rings. The molecule has 0 radical (unpaired) electrons. The zero-order chi connectivity index (χ0) is 13.4. The van der Waals surface area contributed by atoms with E-state index in [1.54, 1.807) is 0 Å². The Balaban J connectivity index is 1.63. The Hall–Kier alpha value is -1.96. The monoisotopic (exact) mass is 265 g/mol. The van der Waals surface area contributed by atoms with Crippen molar-refractivity contribution in [2.45, 2.75) is 31.7 Å². The van der Waals surface area contributed by atoms with Crippen molar-refractivity contribution in [2.75, 3.05) is 11.9 Å². The van der Waals surface area contributed by atoms with Gasteiger partial charge in [0, 0.05) is 0 Å². The maximum atomic E-state index is 5.87. The Bertz CT molecular complexity index is 635. The van der Waals surface area contributed by atoms with Crippen molar-refractivity contribution in [3.05, 3.63) is 59.2 Å². The standard InChI is InChI=1S/C18H19NO/c1-2-6-14-11-15(10-9-13(14)5-1)17-12-20-18-8-4-3-7-16(18)19-17/h3-4,7-11,17,19H,1-2,5-6,12H2. The van der Waals surface area contributed by atoms with E-state index in [1.807, 2.05) is 18.2 Å². The van der Waals surface area contributed by atoms with Crippen LogP contribution in [-0.4, -0.2) is 6.61 Å². The molecule has 1 aliphatic heterocycles. The van der Waals surface area contributed by atoms with Crippen molar-refractivity contribution in [3.8, 4) is 5.75 Å². The van der Waals surface area contributed by atoms with Gasteiger partial charge in [-0.05, 0) is 54.5 Å². The van der Waals surface area contributed by atoms with Crippen LogP contribution in [0.25, 0.3) is 0 Å². The molecule has 2 nitrogen and oxygen atoms in total. The maximum Gasteiger partial charge on any atom is 0.142 e. The van der Waals surface area contributed by atoms with Crippen molar-refractivity contribution >= 4 is 5.69 Å². The Morgan fingerprint density at radius 1 is 0.950 bits per heavy atom. The number of ether oxygens (including phenoxy) is 1. The molecule has 0 amide bonds. The third-order valence-electron chi connectivity index (χ3n) is 4.40. The highest BCUT2D eigenvalue weighted by Crippen LogP contribution is 2.34. The molecule has 102 valence electrons. The van der Waals surface area contributed by atoms with Crippen molar-refractivity contribution < 1.29 is 4.74 Å². The minimum Gasteiger partial charge on any atom is -0.489 e. The summed E-state index contributed by atoms with van der Waals surface area (Å²) in [4.78, 5) is 0. The third-order valence-corrected chi connectivity index (χ3v) is 4.40. The molecule has 2 aromatic rings. The average Bonchev–Trinajstić information content (AvgIpc) is 2.54. The average molecular weight is 265 g/mol. The molecule has 20 heavy (non-hydrogen) atoms. The van der Waals surface area contributed by atoms with E-state index >= 15 is 0 Å². The molecular formula is C18H19NO. The van der Waals surface area contributed by atoms with Crippen LogP contribution in [0.5, 0.6) is 5.75 Å². The van der Waals surface area contributed by atoms with Crippen molar-refractivity contribution in [3.63, 3.8) is 0 Å². The molecule has 1 aliphatic carbocycles. The summed E-state index contributed by atoms with van der Waals surface area (Å²) in [6.07, 6.45) is 5.14. The van der Waals surface area contributed by atoms with Crippen molar-refractivity contribution in [1.29, 1.82) is 0 Å². The lowest BCUT2D eigenvalue weighted by atomic mass is 9.89. The summed E-state index contributed by atoms with van der Waals surface area (Å²) in [5, 5.41) is 3.60. The molecular weight excluding hydrogens is 246 g/mol. The van der Waals surface area contributed by atoms with Crippen LogP contribution < -0.4 is 10.1 Å². The fraction of sp³-hybridized carbons (Fsp3) is 0.333. The highest BCUT2D eigenvalue weighted by atomic mass is 16.5. The molecule has 1 atom stereocenters. The van der Waals surface area contributed by atoms with E-state index in [0.717, 1.165) is 11.4 Å². The van der Waals surface area contributed by atoms with E-state index in [0.29, 0.717) is 6.61 Å². The van der Waals surface area contributed by atoms with Crippen LogP contribution in [0.2, 0.25) is 0 Å². The molecule has 2 aromatic carbocycles. The second-order valence-electron chi connectivity index (χ2n) is 5.74. The van der Waals surface area contributed by atoms with Gasteiger partial charge in [0.25, 0.3) is 0 Å². The molecule has 0 saturated carbocycles. The topological polar surface area (TPSA) is 21.3 Å². The Kier molecular flexibility index (Phi) is 2.87. The van der Waals surface area contributed by atoms with Crippen LogP contribution in [-0.2, 0) is 12.8 Å². The van der Waals surface area contributed by atoms with Gasteiger partial charge in [-0.15, -0.1) is 0 Å². The fourth-order valence-electron chi connectivity index (χ4n) is 3.26. The van der Waals surface area contributed by atoms with E-state index < -0.39 is 0 Å². The van der Waals surface area contributed by atoms with E-state index in [1.165, 1.54) is 42.4 Å². The molecule has 1 N–H and O–H groups in total. The Morgan fingerprint density at radius 3 is 2.75 bits per heavy atom. The molecule has 0 saturated heterocycles. The van der Waals surface area contributed by atoms with Crippen LogP contribution in [0, 0.1) is 0 Å². The Morgan fingerprint density at radius 2 is 1.80 bits per heavy atom. The number of nitrogens with one attached hydrogen (secondary N) is 1. The SMILES string of the molecule is c1ccc2c(c1)NC(c1ccc3c(c1)CCCC3)CO2. The van der Waals surface area contributed by atoms with Gasteiger partial charge in [-0.25, -0.2) is 0 Å². The third kappa shape index (κ3) is 2.05. The number of benzene rings is 2. The van der Waals surface area contributed by atoms with Gasteiger partial charge in [0.2, 0.25) is 0 Å². The van der Waals surface area contributed by atoms with Gasteiger partial charge in [0.15, 0.2) is 0 Å². The minimum absolute atomic E-state index is 0.261. The second kappa shape index (κ2) is 4.86. The van der Waals surface area contributed by atoms with Gasteiger partial charge in [-0.1, -0.05) is 30.3 Å². The summed E-state index contributed by atoms with van der Waals surface area (Å²) in [6.45, 7) is 0.704. The molecule has 1 unspecified atom stereocenters. The van der Waals surface area contributed by atoms with Crippen LogP contribution in [0.3, 0.4) is 0 Å². The van der Waals surface area contributed by atoms with Gasteiger partial charge in [0.1, 0.15) is 12.4 Å². The first-order valence-corrected chi connectivity index (χ1v) is 7.50.